The van der Waals surface area contributed by atoms with Gasteiger partial charge in [-0.2, -0.15) is 5.10 Å². The molecule has 2 atom stereocenters. The van der Waals surface area contributed by atoms with Gasteiger partial charge >= 0.3 is 0 Å². The van der Waals surface area contributed by atoms with Crippen LogP contribution in [-0.2, 0) is 16.6 Å². The molecule has 0 spiro atoms. The summed E-state index contributed by atoms with van der Waals surface area (Å²) in [6.07, 6.45) is 3.61. The lowest BCUT2D eigenvalue weighted by atomic mass is 10.0. The number of carbonyl (C=O) groups is 2. The molecule has 0 bridgehead atoms. The maximum absolute atomic E-state index is 13.0. The van der Waals surface area contributed by atoms with Crippen LogP contribution in [0.1, 0.15) is 28.9 Å². The zero-order chi connectivity index (χ0) is 20.3. The van der Waals surface area contributed by atoms with Gasteiger partial charge in [0, 0.05) is 51.1 Å². The van der Waals surface area contributed by atoms with Gasteiger partial charge in [0.1, 0.15) is 5.75 Å². The maximum atomic E-state index is 13.0. The summed E-state index contributed by atoms with van der Waals surface area (Å²) in [6, 6.07) is 5.94. The van der Waals surface area contributed by atoms with E-state index < -0.39 is 0 Å². The number of amides is 2. The van der Waals surface area contributed by atoms with Crippen molar-refractivity contribution in [2.75, 3.05) is 33.4 Å². The normalized spacial score (nSPS) is 18.2. The SMILES string of the molecule is COCC(C)C(=O)N1CCN(C(=O)c2ccc(O)cc2)CC1c1cnn(C)c1. The smallest absolute Gasteiger partial charge is 0.253 e. The fourth-order valence-electron chi connectivity index (χ4n) is 3.52. The van der Waals surface area contributed by atoms with Gasteiger partial charge < -0.3 is 19.6 Å². The van der Waals surface area contributed by atoms with E-state index in [4.69, 9.17) is 4.74 Å². The van der Waals surface area contributed by atoms with E-state index >= 15 is 0 Å². The van der Waals surface area contributed by atoms with Crippen LogP contribution in [0.15, 0.2) is 36.7 Å². The molecule has 1 aliphatic heterocycles. The molecule has 3 rings (SSSR count). The van der Waals surface area contributed by atoms with Crippen molar-refractivity contribution < 1.29 is 19.4 Å². The summed E-state index contributed by atoms with van der Waals surface area (Å²) in [5.41, 5.74) is 1.40. The number of phenols is 1. The van der Waals surface area contributed by atoms with Crippen LogP contribution in [0.3, 0.4) is 0 Å². The molecule has 0 radical (unpaired) electrons. The third-order valence-corrected chi connectivity index (χ3v) is 5.01. The van der Waals surface area contributed by atoms with E-state index in [9.17, 15) is 14.7 Å². The van der Waals surface area contributed by atoms with Crippen molar-refractivity contribution in [1.29, 1.82) is 0 Å². The number of carbonyl (C=O) groups excluding carboxylic acids is 2. The molecule has 2 aromatic rings. The van der Waals surface area contributed by atoms with E-state index in [-0.39, 0.29) is 29.5 Å². The van der Waals surface area contributed by atoms with Crippen LogP contribution in [0.4, 0.5) is 0 Å². The summed E-state index contributed by atoms with van der Waals surface area (Å²) in [4.78, 5) is 29.4. The predicted molar refractivity (Wildman–Crippen MR) is 103 cm³/mol. The molecule has 2 unspecified atom stereocenters. The van der Waals surface area contributed by atoms with E-state index in [0.29, 0.717) is 31.8 Å². The first kappa shape index (κ1) is 19.9. The number of methoxy groups -OCH3 is 1. The van der Waals surface area contributed by atoms with Crippen molar-refractivity contribution in [1.82, 2.24) is 19.6 Å². The van der Waals surface area contributed by atoms with Gasteiger partial charge in [0.2, 0.25) is 5.91 Å². The molecule has 1 N–H and O–H groups in total. The third kappa shape index (κ3) is 4.17. The Bertz CT molecular complexity index is 833. The molecule has 1 aromatic heterocycles. The van der Waals surface area contributed by atoms with E-state index in [1.54, 1.807) is 35.0 Å². The van der Waals surface area contributed by atoms with Crippen molar-refractivity contribution in [3.8, 4) is 5.75 Å². The van der Waals surface area contributed by atoms with Gasteiger partial charge in [0.25, 0.3) is 5.91 Å². The minimum Gasteiger partial charge on any atom is -0.508 e. The second kappa shape index (κ2) is 8.43. The number of aromatic hydroxyl groups is 1. The molecule has 8 heteroatoms. The quantitative estimate of drug-likeness (QED) is 0.840. The van der Waals surface area contributed by atoms with Gasteiger partial charge in [0.05, 0.1) is 24.8 Å². The highest BCUT2D eigenvalue weighted by Gasteiger charge is 2.36. The van der Waals surface area contributed by atoms with E-state index in [1.165, 1.54) is 12.1 Å². The number of benzene rings is 1. The standard InChI is InChI=1S/C20H26N4O4/c1-14(13-28-3)19(26)24-9-8-23(12-18(24)16-10-21-22(2)11-16)20(27)15-4-6-17(25)7-5-15/h4-7,10-11,14,18,25H,8-9,12-13H2,1-3H3. The van der Waals surface area contributed by atoms with Crippen molar-refractivity contribution in [3.05, 3.63) is 47.8 Å². The molecule has 1 aromatic carbocycles. The molecule has 8 nitrogen and oxygen atoms in total. The highest BCUT2D eigenvalue weighted by atomic mass is 16.5. The number of phenolic OH excluding ortho intramolecular Hbond substituents is 1. The van der Waals surface area contributed by atoms with E-state index in [2.05, 4.69) is 5.10 Å². The van der Waals surface area contributed by atoms with Crippen LogP contribution in [0.25, 0.3) is 0 Å². The molecule has 1 aliphatic rings. The maximum Gasteiger partial charge on any atom is 0.253 e. The van der Waals surface area contributed by atoms with E-state index in [1.807, 2.05) is 25.1 Å². The molecule has 2 amide bonds. The Morgan fingerprint density at radius 1 is 1.29 bits per heavy atom. The molecule has 1 fully saturated rings. The Labute approximate surface area is 164 Å². The van der Waals surface area contributed by atoms with Crippen LogP contribution < -0.4 is 0 Å². The first-order valence-electron chi connectivity index (χ1n) is 9.27. The van der Waals surface area contributed by atoms with Gasteiger partial charge in [-0.3, -0.25) is 14.3 Å². The van der Waals surface area contributed by atoms with Crippen LogP contribution in [-0.4, -0.2) is 69.9 Å². The van der Waals surface area contributed by atoms with Crippen molar-refractivity contribution in [3.63, 3.8) is 0 Å². The second-order valence-electron chi connectivity index (χ2n) is 7.15. The van der Waals surface area contributed by atoms with Crippen molar-refractivity contribution in [2.24, 2.45) is 13.0 Å². The average molecular weight is 386 g/mol. The third-order valence-electron chi connectivity index (χ3n) is 5.01. The Hall–Kier alpha value is -2.87. The lowest BCUT2D eigenvalue weighted by Crippen LogP contribution is -2.53. The summed E-state index contributed by atoms with van der Waals surface area (Å²) < 4.78 is 6.83. The number of aromatic nitrogens is 2. The summed E-state index contributed by atoms with van der Waals surface area (Å²) >= 11 is 0. The summed E-state index contributed by atoms with van der Waals surface area (Å²) in [5.74, 6) is -0.255. The first-order chi connectivity index (χ1) is 13.4. The molecule has 1 saturated heterocycles. The Morgan fingerprint density at radius 2 is 2.00 bits per heavy atom. The monoisotopic (exact) mass is 386 g/mol. The van der Waals surface area contributed by atoms with Crippen LogP contribution >= 0.6 is 0 Å². The molecule has 2 heterocycles. The van der Waals surface area contributed by atoms with Crippen LogP contribution in [0, 0.1) is 5.92 Å². The fourth-order valence-corrected chi connectivity index (χ4v) is 3.52. The predicted octanol–water partition coefficient (Wildman–Crippen LogP) is 1.43. The van der Waals surface area contributed by atoms with Crippen molar-refractivity contribution in [2.45, 2.75) is 13.0 Å². The highest BCUT2D eigenvalue weighted by Crippen LogP contribution is 2.28. The minimum absolute atomic E-state index is 0.00688. The first-order valence-corrected chi connectivity index (χ1v) is 9.27. The Kier molecular flexibility index (Phi) is 5.99. The number of piperazine rings is 1. The van der Waals surface area contributed by atoms with Gasteiger partial charge in [-0.1, -0.05) is 6.92 Å². The molecular weight excluding hydrogens is 360 g/mol. The molecule has 0 saturated carbocycles. The number of aryl methyl sites for hydroxylation is 1. The number of hydrogen-bond donors (Lipinski definition) is 1. The second-order valence-corrected chi connectivity index (χ2v) is 7.15. The zero-order valence-corrected chi connectivity index (χ0v) is 16.4. The van der Waals surface area contributed by atoms with Gasteiger partial charge in [-0.15, -0.1) is 0 Å². The number of rotatable bonds is 5. The lowest BCUT2D eigenvalue weighted by Gasteiger charge is -2.42. The summed E-state index contributed by atoms with van der Waals surface area (Å²) in [7, 11) is 3.40. The molecule has 150 valence electrons. The van der Waals surface area contributed by atoms with Gasteiger partial charge in [-0.25, -0.2) is 0 Å². The lowest BCUT2D eigenvalue weighted by molar-refractivity contribution is -0.141. The fraction of sp³-hybridized carbons (Fsp3) is 0.450. The van der Waals surface area contributed by atoms with Gasteiger partial charge in [-0.05, 0) is 24.3 Å². The Morgan fingerprint density at radius 3 is 2.61 bits per heavy atom. The molecule has 28 heavy (non-hydrogen) atoms. The van der Waals surface area contributed by atoms with E-state index in [0.717, 1.165) is 5.56 Å². The minimum atomic E-state index is -0.268. The van der Waals surface area contributed by atoms with Crippen molar-refractivity contribution >= 4 is 11.8 Å². The average Bonchev–Trinajstić information content (AvgIpc) is 3.13. The highest BCUT2D eigenvalue weighted by molar-refractivity contribution is 5.94. The number of ether oxygens (including phenoxy) is 1. The molecule has 0 aliphatic carbocycles. The topological polar surface area (TPSA) is 87.9 Å². The van der Waals surface area contributed by atoms with Crippen LogP contribution in [0.2, 0.25) is 0 Å². The zero-order valence-electron chi connectivity index (χ0n) is 16.4. The van der Waals surface area contributed by atoms with Gasteiger partial charge in [0.15, 0.2) is 0 Å². The largest absolute Gasteiger partial charge is 0.508 e. The number of hydrogen-bond acceptors (Lipinski definition) is 5. The summed E-state index contributed by atoms with van der Waals surface area (Å²) in [6.45, 7) is 3.47. The number of nitrogens with zero attached hydrogens (tertiary/aromatic N) is 4. The Balaban J connectivity index is 1.83. The summed E-state index contributed by atoms with van der Waals surface area (Å²) in [5, 5.41) is 13.7. The van der Waals surface area contributed by atoms with Crippen LogP contribution in [0.5, 0.6) is 5.75 Å². The molecular formula is C20H26N4O4.